The number of hydrogen-bond acceptors (Lipinski definition) is 4. The first-order valence-corrected chi connectivity index (χ1v) is 9.24. The Bertz CT molecular complexity index is 970. The lowest BCUT2D eigenvalue weighted by Crippen LogP contribution is -2.26. The van der Waals surface area contributed by atoms with Crippen molar-refractivity contribution >= 4 is 22.7 Å². The van der Waals surface area contributed by atoms with Crippen molar-refractivity contribution in [2.45, 2.75) is 44.1 Å². The fraction of sp³-hybridized carbons (Fsp3) is 0.333. The molecular formula is C21H20N2O3. The number of oxazole rings is 1. The molecule has 2 aliphatic rings. The highest BCUT2D eigenvalue weighted by Gasteiger charge is 2.29. The zero-order chi connectivity index (χ0) is 17.5. The van der Waals surface area contributed by atoms with E-state index in [2.05, 4.69) is 10.3 Å². The molecule has 132 valence electrons. The summed E-state index contributed by atoms with van der Waals surface area (Å²) in [5.74, 6) is 1.75. The second-order valence-electron chi connectivity index (χ2n) is 7.13. The van der Waals surface area contributed by atoms with Crippen molar-refractivity contribution in [3.8, 4) is 5.75 Å². The van der Waals surface area contributed by atoms with Crippen LogP contribution in [-0.4, -0.2) is 17.0 Å². The minimum atomic E-state index is -0.176. The van der Waals surface area contributed by atoms with Crippen molar-refractivity contribution in [1.29, 1.82) is 0 Å². The summed E-state index contributed by atoms with van der Waals surface area (Å²) >= 11 is 0. The highest BCUT2D eigenvalue weighted by atomic mass is 16.5. The van der Waals surface area contributed by atoms with Crippen LogP contribution in [0.1, 0.15) is 54.3 Å². The average molecular weight is 348 g/mol. The van der Waals surface area contributed by atoms with Crippen LogP contribution in [0, 0.1) is 0 Å². The van der Waals surface area contributed by atoms with Gasteiger partial charge in [-0.05, 0) is 62.4 Å². The fourth-order valence-corrected chi connectivity index (χ4v) is 3.15. The SMILES string of the molecule is O=C(Nc1ccc2oc(C3CC3)nc2c1)c1ccccc1OC1CCC1. The van der Waals surface area contributed by atoms with Crippen LogP contribution >= 0.6 is 0 Å². The number of aromatic nitrogens is 1. The number of fused-ring (bicyclic) bond motifs is 1. The number of rotatable bonds is 5. The van der Waals surface area contributed by atoms with Crippen LogP contribution in [0.4, 0.5) is 5.69 Å². The number of hydrogen-bond donors (Lipinski definition) is 1. The molecule has 5 nitrogen and oxygen atoms in total. The monoisotopic (exact) mass is 348 g/mol. The Kier molecular flexibility index (Phi) is 3.66. The number of carbonyl (C=O) groups is 1. The van der Waals surface area contributed by atoms with Crippen molar-refractivity contribution in [3.63, 3.8) is 0 Å². The van der Waals surface area contributed by atoms with Crippen LogP contribution in [0.15, 0.2) is 46.9 Å². The zero-order valence-corrected chi connectivity index (χ0v) is 14.4. The van der Waals surface area contributed by atoms with Gasteiger partial charge in [0.15, 0.2) is 11.5 Å². The molecule has 26 heavy (non-hydrogen) atoms. The molecule has 0 saturated heterocycles. The number of amides is 1. The van der Waals surface area contributed by atoms with E-state index in [1.54, 1.807) is 6.07 Å². The molecule has 0 spiro atoms. The van der Waals surface area contributed by atoms with Gasteiger partial charge >= 0.3 is 0 Å². The van der Waals surface area contributed by atoms with Crippen molar-refractivity contribution in [1.82, 2.24) is 4.98 Å². The highest BCUT2D eigenvalue weighted by Crippen LogP contribution is 2.40. The summed E-state index contributed by atoms with van der Waals surface area (Å²) in [4.78, 5) is 17.3. The van der Waals surface area contributed by atoms with Gasteiger partial charge in [0.2, 0.25) is 0 Å². The molecule has 0 atom stereocenters. The first kappa shape index (κ1) is 15.4. The largest absolute Gasteiger partial charge is 0.490 e. The number of benzene rings is 2. The molecule has 1 heterocycles. The van der Waals surface area contributed by atoms with Gasteiger partial charge in [-0.3, -0.25) is 4.79 Å². The third-order valence-corrected chi connectivity index (χ3v) is 5.07. The van der Waals surface area contributed by atoms with Crippen molar-refractivity contribution < 1.29 is 13.9 Å². The molecule has 0 aliphatic heterocycles. The molecule has 2 fully saturated rings. The topological polar surface area (TPSA) is 64.4 Å². The van der Waals surface area contributed by atoms with E-state index in [0.29, 0.717) is 22.9 Å². The first-order chi connectivity index (χ1) is 12.8. The minimum absolute atomic E-state index is 0.176. The summed E-state index contributed by atoms with van der Waals surface area (Å²) in [6.07, 6.45) is 5.84. The molecule has 2 saturated carbocycles. The number of ether oxygens (including phenoxy) is 1. The van der Waals surface area contributed by atoms with Crippen molar-refractivity contribution in [2.24, 2.45) is 0 Å². The summed E-state index contributed by atoms with van der Waals surface area (Å²) in [7, 11) is 0. The second kappa shape index (κ2) is 6.16. The minimum Gasteiger partial charge on any atom is -0.490 e. The molecule has 0 radical (unpaired) electrons. The Morgan fingerprint density at radius 3 is 2.73 bits per heavy atom. The van der Waals surface area contributed by atoms with Crippen molar-refractivity contribution in [3.05, 3.63) is 53.9 Å². The lowest BCUT2D eigenvalue weighted by Gasteiger charge is -2.27. The number of nitrogens with one attached hydrogen (secondary N) is 1. The van der Waals surface area contributed by atoms with Crippen LogP contribution in [0.2, 0.25) is 0 Å². The fourth-order valence-electron chi connectivity index (χ4n) is 3.15. The maximum atomic E-state index is 12.7. The van der Waals surface area contributed by atoms with Gasteiger partial charge in [-0.25, -0.2) is 4.98 Å². The van der Waals surface area contributed by atoms with Gasteiger partial charge in [0.1, 0.15) is 11.3 Å². The Morgan fingerprint density at radius 1 is 1.12 bits per heavy atom. The predicted octanol–water partition coefficient (Wildman–Crippen LogP) is 4.89. The van der Waals surface area contributed by atoms with Gasteiger partial charge in [-0.2, -0.15) is 0 Å². The summed E-state index contributed by atoms with van der Waals surface area (Å²) in [6, 6.07) is 13.0. The zero-order valence-electron chi connectivity index (χ0n) is 14.4. The molecule has 1 N–H and O–H groups in total. The van der Waals surface area contributed by atoms with E-state index in [1.807, 2.05) is 36.4 Å². The molecule has 5 heteroatoms. The van der Waals surface area contributed by atoms with Gasteiger partial charge < -0.3 is 14.5 Å². The first-order valence-electron chi connectivity index (χ1n) is 9.24. The van der Waals surface area contributed by atoms with Gasteiger partial charge in [0.25, 0.3) is 5.91 Å². The third kappa shape index (κ3) is 2.94. The van der Waals surface area contributed by atoms with Gasteiger partial charge in [0, 0.05) is 11.6 Å². The number of anilines is 1. The summed E-state index contributed by atoms with van der Waals surface area (Å²) in [5, 5.41) is 2.95. The van der Waals surface area contributed by atoms with Crippen molar-refractivity contribution in [2.75, 3.05) is 5.32 Å². The lowest BCUT2D eigenvalue weighted by atomic mass is 9.96. The smallest absolute Gasteiger partial charge is 0.259 e. The number of carbonyl (C=O) groups excluding carboxylic acids is 1. The number of para-hydroxylation sites is 1. The van der Waals surface area contributed by atoms with E-state index >= 15 is 0 Å². The normalized spacial score (nSPS) is 17.1. The standard InChI is InChI=1S/C21H20N2O3/c24-20(16-6-1-2-7-18(16)25-15-4-3-5-15)22-14-10-11-19-17(12-14)23-21(26-19)13-8-9-13/h1-2,6-7,10-13,15H,3-5,8-9H2,(H,22,24). The quantitative estimate of drug-likeness (QED) is 0.713. The summed E-state index contributed by atoms with van der Waals surface area (Å²) in [6.45, 7) is 0. The van der Waals surface area contributed by atoms with Gasteiger partial charge in [0.05, 0.1) is 11.7 Å². The van der Waals surface area contributed by atoms with Crippen LogP contribution in [0.25, 0.3) is 11.1 Å². The van der Waals surface area contributed by atoms with Crippen LogP contribution < -0.4 is 10.1 Å². The van der Waals surface area contributed by atoms with Crippen LogP contribution in [-0.2, 0) is 0 Å². The van der Waals surface area contributed by atoms with E-state index < -0.39 is 0 Å². The molecule has 2 aromatic carbocycles. The molecular weight excluding hydrogens is 328 g/mol. The second-order valence-corrected chi connectivity index (χ2v) is 7.13. The molecule has 3 aromatic rings. The Balaban J connectivity index is 1.37. The number of nitrogens with zero attached hydrogens (tertiary/aromatic N) is 1. The molecule has 5 rings (SSSR count). The maximum Gasteiger partial charge on any atom is 0.259 e. The Labute approximate surface area is 151 Å². The Hall–Kier alpha value is -2.82. The maximum absolute atomic E-state index is 12.7. The average Bonchev–Trinajstić information content (AvgIpc) is 3.38. The van der Waals surface area contributed by atoms with E-state index in [4.69, 9.17) is 9.15 Å². The summed E-state index contributed by atoms with van der Waals surface area (Å²) in [5.41, 5.74) is 2.80. The highest BCUT2D eigenvalue weighted by molar-refractivity contribution is 6.06. The Morgan fingerprint density at radius 2 is 1.96 bits per heavy atom. The molecule has 2 aliphatic carbocycles. The predicted molar refractivity (Wildman–Crippen MR) is 98.6 cm³/mol. The van der Waals surface area contributed by atoms with E-state index in [9.17, 15) is 4.79 Å². The van der Waals surface area contributed by atoms with E-state index in [1.165, 1.54) is 6.42 Å². The van der Waals surface area contributed by atoms with Gasteiger partial charge in [-0.15, -0.1) is 0 Å². The molecule has 1 amide bonds. The third-order valence-electron chi connectivity index (χ3n) is 5.07. The molecule has 0 unspecified atom stereocenters. The van der Waals surface area contributed by atoms with Gasteiger partial charge in [-0.1, -0.05) is 12.1 Å². The van der Waals surface area contributed by atoms with E-state index in [0.717, 1.165) is 42.7 Å². The lowest BCUT2D eigenvalue weighted by molar-refractivity contribution is 0.0992. The van der Waals surface area contributed by atoms with Crippen LogP contribution in [0.3, 0.4) is 0 Å². The molecule has 1 aromatic heterocycles. The molecule has 0 bridgehead atoms. The van der Waals surface area contributed by atoms with Crippen LogP contribution in [0.5, 0.6) is 5.75 Å². The van der Waals surface area contributed by atoms with E-state index in [-0.39, 0.29) is 12.0 Å². The summed E-state index contributed by atoms with van der Waals surface area (Å²) < 4.78 is 11.7.